The molecular formula is C20H21F3N4O2. The summed E-state index contributed by atoms with van der Waals surface area (Å²) < 4.78 is 44.6. The van der Waals surface area contributed by atoms with Gasteiger partial charge in [-0.15, -0.1) is 13.2 Å². The molecule has 3 heterocycles. The summed E-state index contributed by atoms with van der Waals surface area (Å²) in [6.07, 6.45) is -1.07. The van der Waals surface area contributed by atoms with E-state index in [9.17, 15) is 18.0 Å². The number of fused-ring (bicyclic) bond motifs is 1. The fourth-order valence-corrected chi connectivity index (χ4v) is 3.73. The van der Waals surface area contributed by atoms with Crippen molar-refractivity contribution in [1.82, 2.24) is 20.0 Å². The topological polar surface area (TPSA) is 60.2 Å². The molecule has 29 heavy (non-hydrogen) atoms. The van der Waals surface area contributed by atoms with Crippen molar-refractivity contribution in [2.24, 2.45) is 0 Å². The number of hydrazine groups is 1. The van der Waals surface area contributed by atoms with Crippen LogP contribution < -0.4 is 21.1 Å². The van der Waals surface area contributed by atoms with Gasteiger partial charge in [0.15, 0.2) is 0 Å². The molecule has 0 atom stereocenters. The molecule has 9 heteroatoms. The molecule has 4 rings (SSSR count). The van der Waals surface area contributed by atoms with Crippen molar-refractivity contribution < 1.29 is 17.9 Å². The van der Waals surface area contributed by atoms with E-state index in [1.807, 2.05) is 30.7 Å². The number of aromatic nitrogens is 2. The van der Waals surface area contributed by atoms with Gasteiger partial charge in [0.25, 0.3) is 5.56 Å². The molecule has 0 aliphatic carbocycles. The van der Waals surface area contributed by atoms with Crippen LogP contribution in [0.3, 0.4) is 0 Å². The lowest BCUT2D eigenvalue weighted by Crippen LogP contribution is -2.23. The molecule has 1 aliphatic heterocycles. The van der Waals surface area contributed by atoms with E-state index >= 15 is 0 Å². The Kier molecular flexibility index (Phi) is 4.87. The number of hydrogen-bond donors (Lipinski definition) is 2. The number of nitrogens with zero attached hydrogens (tertiary/aromatic N) is 2. The van der Waals surface area contributed by atoms with Crippen LogP contribution in [0.25, 0.3) is 16.6 Å². The quantitative estimate of drug-likeness (QED) is 0.697. The summed E-state index contributed by atoms with van der Waals surface area (Å²) in [7, 11) is 0. The van der Waals surface area contributed by atoms with Crippen molar-refractivity contribution in [3.63, 3.8) is 0 Å². The summed E-state index contributed by atoms with van der Waals surface area (Å²) in [6.45, 7) is 5.44. The first kappa shape index (κ1) is 19.5. The minimum atomic E-state index is -4.76. The van der Waals surface area contributed by atoms with E-state index in [0.29, 0.717) is 11.2 Å². The fraction of sp³-hybridized carbons (Fsp3) is 0.350. The molecule has 0 radical (unpaired) electrons. The van der Waals surface area contributed by atoms with Crippen LogP contribution >= 0.6 is 0 Å². The minimum absolute atomic E-state index is 0.0892. The highest BCUT2D eigenvalue weighted by Gasteiger charge is 2.31. The van der Waals surface area contributed by atoms with Gasteiger partial charge >= 0.3 is 6.36 Å². The summed E-state index contributed by atoms with van der Waals surface area (Å²) in [5, 5.41) is 0.896. The predicted octanol–water partition coefficient (Wildman–Crippen LogP) is 3.46. The first-order chi connectivity index (χ1) is 13.7. The molecule has 0 amide bonds. The maximum atomic E-state index is 13.3. The van der Waals surface area contributed by atoms with Crippen molar-refractivity contribution in [1.29, 1.82) is 0 Å². The van der Waals surface area contributed by atoms with Crippen molar-refractivity contribution in [2.45, 2.75) is 32.2 Å². The first-order valence-electron chi connectivity index (χ1n) is 9.32. The molecule has 1 aliphatic rings. The van der Waals surface area contributed by atoms with Gasteiger partial charge in [-0.3, -0.25) is 20.2 Å². The van der Waals surface area contributed by atoms with Crippen LogP contribution in [0.1, 0.15) is 31.4 Å². The second kappa shape index (κ2) is 7.23. The Balaban J connectivity index is 1.86. The van der Waals surface area contributed by atoms with Crippen molar-refractivity contribution in [3.05, 3.63) is 58.6 Å². The largest absolute Gasteiger partial charge is 0.573 e. The normalized spacial score (nSPS) is 15.5. The molecule has 0 saturated carbocycles. The Labute approximate surface area is 164 Å². The van der Waals surface area contributed by atoms with Crippen LogP contribution in [0.5, 0.6) is 5.75 Å². The van der Waals surface area contributed by atoms with Gasteiger partial charge in [0.2, 0.25) is 0 Å². The van der Waals surface area contributed by atoms with Crippen LogP contribution in [0.15, 0.2) is 47.5 Å². The highest BCUT2D eigenvalue weighted by molar-refractivity contribution is 5.84. The lowest BCUT2D eigenvalue weighted by molar-refractivity contribution is -0.274. The van der Waals surface area contributed by atoms with Crippen molar-refractivity contribution in [3.8, 4) is 11.4 Å². The minimum Gasteiger partial charge on any atom is -0.406 e. The molecule has 2 aromatic heterocycles. The van der Waals surface area contributed by atoms with Crippen molar-refractivity contribution in [2.75, 3.05) is 13.1 Å². The standard InChI is InChI=1S/C20H21F3N4O2/c1-12(2)26-8-7-16-17(13-9-24-25-10-13)11-27(19(28)18(16)26)14-3-5-15(6-4-14)29-20(21,22)23/h3-8,11-13,24-25H,9-10H2,1-2H3. The molecule has 1 saturated heterocycles. The van der Waals surface area contributed by atoms with Gasteiger partial charge < -0.3 is 9.30 Å². The zero-order valence-electron chi connectivity index (χ0n) is 16.0. The number of ether oxygens (including phenoxy) is 1. The smallest absolute Gasteiger partial charge is 0.406 e. The Morgan fingerprint density at radius 1 is 1.10 bits per heavy atom. The van der Waals surface area contributed by atoms with Crippen LogP contribution in [-0.4, -0.2) is 28.6 Å². The van der Waals surface area contributed by atoms with Gasteiger partial charge in [0.05, 0.1) is 0 Å². The lowest BCUT2D eigenvalue weighted by Gasteiger charge is -2.17. The van der Waals surface area contributed by atoms with Gasteiger partial charge in [0.1, 0.15) is 11.3 Å². The lowest BCUT2D eigenvalue weighted by atomic mass is 9.98. The molecule has 0 unspecified atom stereocenters. The van der Waals surface area contributed by atoms with Crippen LogP contribution in [0.2, 0.25) is 0 Å². The van der Waals surface area contributed by atoms with Crippen molar-refractivity contribution >= 4 is 10.9 Å². The first-order valence-corrected chi connectivity index (χ1v) is 9.32. The fourth-order valence-electron chi connectivity index (χ4n) is 3.73. The zero-order chi connectivity index (χ0) is 20.8. The molecule has 1 aromatic carbocycles. The number of benzene rings is 1. The summed E-state index contributed by atoms with van der Waals surface area (Å²) in [5.74, 6) is -0.162. The molecule has 6 nitrogen and oxygen atoms in total. The molecular weight excluding hydrogens is 385 g/mol. The molecule has 154 valence electrons. The average Bonchev–Trinajstić information content (AvgIpc) is 3.32. The monoisotopic (exact) mass is 406 g/mol. The number of alkyl halides is 3. The van der Waals surface area contributed by atoms with Crippen LogP contribution in [0, 0.1) is 0 Å². The molecule has 0 spiro atoms. The predicted molar refractivity (Wildman–Crippen MR) is 103 cm³/mol. The Hall–Kier alpha value is -2.78. The van der Waals surface area contributed by atoms with E-state index in [2.05, 4.69) is 15.6 Å². The van der Waals surface area contributed by atoms with E-state index in [4.69, 9.17) is 0 Å². The maximum Gasteiger partial charge on any atom is 0.573 e. The zero-order valence-corrected chi connectivity index (χ0v) is 16.0. The third kappa shape index (κ3) is 3.75. The second-order valence-corrected chi connectivity index (χ2v) is 7.34. The maximum absolute atomic E-state index is 13.3. The Bertz CT molecular complexity index is 1080. The molecule has 0 bridgehead atoms. The van der Waals surface area contributed by atoms with Gasteiger partial charge in [-0.25, -0.2) is 0 Å². The number of hydrogen-bond acceptors (Lipinski definition) is 4. The van der Waals surface area contributed by atoms with Gasteiger partial charge in [0, 0.05) is 48.5 Å². The number of halogens is 3. The highest BCUT2D eigenvalue weighted by atomic mass is 19.4. The summed E-state index contributed by atoms with van der Waals surface area (Å²) in [6, 6.07) is 7.36. The van der Waals surface area contributed by atoms with Gasteiger partial charge in [-0.2, -0.15) is 0 Å². The second-order valence-electron chi connectivity index (χ2n) is 7.34. The Morgan fingerprint density at radius 2 is 1.76 bits per heavy atom. The van der Waals surface area contributed by atoms with E-state index in [-0.39, 0.29) is 23.3 Å². The summed E-state index contributed by atoms with van der Waals surface area (Å²) in [5.41, 5.74) is 8.05. The van der Waals surface area contributed by atoms with E-state index < -0.39 is 6.36 Å². The highest BCUT2D eigenvalue weighted by Crippen LogP contribution is 2.29. The van der Waals surface area contributed by atoms with Gasteiger partial charge in [-0.1, -0.05) is 0 Å². The third-order valence-corrected chi connectivity index (χ3v) is 5.08. The van der Waals surface area contributed by atoms with Crippen LogP contribution in [0.4, 0.5) is 13.2 Å². The molecule has 3 aromatic rings. The summed E-state index contributed by atoms with van der Waals surface area (Å²) in [4.78, 5) is 13.3. The third-order valence-electron chi connectivity index (χ3n) is 5.08. The molecule has 1 fully saturated rings. The van der Waals surface area contributed by atoms with E-state index in [0.717, 1.165) is 24.0 Å². The molecule has 2 N–H and O–H groups in total. The number of pyridine rings is 1. The summed E-state index contributed by atoms with van der Waals surface area (Å²) >= 11 is 0. The Morgan fingerprint density at radius 3 is 2.34 bits per heavy atom. The van der Waals surface area contributed by atoms with Gasteiger partial charge in [-0.05, 0) is 49.7 Å². The van der Waals surface area contributed by atoms with E-state index in [1.165, 1.54) is 28.8 Å². The van der Waals surface area contributed by atoms with Crippen LogP contribution in [-0.2, 0) is 0 Å². The number of nitrogens with one attached hydrogen (secondary N) is 2. The SMILES string of the molecule is CC(C)n1ccc2c(C3CNNC3)cn(-c3ccc(OC(F)(F)F)cc3)c(=O)c21. The number of rotatable bonds is 4. The average molecular weight is 406 g/mol. The van der Waals surface area contributed by atoms with E-state index in [1.54, 1.807) is 6.20 Å².